The van der Waals surface area contributed by atoms with Gasteiger partial charge in [-0.3, -0.25) is 0 Å². The number of aromatic nitrogens is 2. The zero-order valence-corrected chi connectivity index (χ0v) is 10.9. The molecule has 17 heavy (non-hydrogen) atoms. The van der Waals surface area contributed by atoms with Crippen LogP contribution in [0.1, 0.15) is 38.4 Å². The molecule has 0 spiro atoms. The van der Waals surface area contributed by atoms with E-state index in [0.29, 0.717) is 6.54 Å². The van der Waals surface area contributed by atoms with Crippen molar-refractivity contribution < 1.29 is 5.11 Å². The minimum absolute atomic E-state index is 0.604. The Balaban J connectivity index is 2.29. The molecule has 0 aromatic carbocycles. The van der Waals surface area contributed by atoms with Gasteiger partial charge in [-0.2, -0.15) is 0 Å². The van der Waals surface area contributed by atoms with Crippen molar-refractivity contribution in [3.05, 3.63) is 17.6 Å². The first-order valence-electron chi connectivity index (χ1n) is 6.31. The Labute approximate surface area is 103 Å². The van der Waals surface area contributed by atoms with E-state index >= 15 is 0 Å². The van der Waals surface area contributed by atoms with E-state index in [2.05, 4.69) is 21.8 Å². The number of fused-ring (bicyclic) bond motifs is 1. The molecule has 0 amide bonds. The standard InChI is InChI=1S/C13H21N3O/c1-4-16(8-13(2,3)17)12-10-6-5-7-11(10)14-9-15-12/h9,17H,4-8H2,1-3H3. The lowest BCUT2D eigenvalue weighted by atomic mass is 10.1. The highest BCUT2D eigenvalue weighted by molar-refractivity contribution is 5.50. The molecule has 0 unspecified atom stereocenters. The smallest absolute Gasteiger partial charge is 0.135 e. The number of rotatable bonds is 4. The van der Waals surface area contributed by atoms with Gasteiger partial charge in [0.15, 0.2) is 0 Å². The second kappa shape index (κ2) is 4.61. The van der Waals surface area contributed by atoms with E-state index in [1.165, 1.54) is 17.7 Å². The number of aryl methyl sites for hydroxylation is 1. The van der Waals surface area contributed by atoms with Crippen molar-refractivity contribution in [1.82, 2.24) is 9.97 Å². The monoisotopic (exact) mass is 235 g/mol. The minimum Gasteiger partial charge on any atom is -0.389 e. The van der Waals surface area contributed by atoms with Gasteiger partial charge in [0.1, 0.15) is 12.1 Å². The van der Waals surface area contributed by atoms with Crippen LogP contribution in [0.2, 0.25) is 0 Å². The van der Waals surface area contributed by atoms with E-state index in [1.54, 1.807) is 6.33 Å². The van der Waals surface area contributed by atoms with Crippen LogP contribution in [0.3, 0.4) is 0 Å². The molecule has 1 heterocycles. The van der Waals surface area contributed by atoms with Gasteiger partial charge in [-0.1, -0.05) is 0 Å². The van der Waals surface area contributed by atoms with E-state index in [9.17, 15) is 5.11 Å². The molecular formula is C13H21N3O. The molecule has 4 nitrogen and oxygen atoms in total. The first-order chi connectivity index (χ1) is 8.01. The summed E-state index contributed by atoms with van der Waals surface area (Å²) in [6.45, 7) is 7.21. The lowest BCUT2D eigenvalue weighted by Crippen LogP contribution is -2.39. The SMILES string of the molecule is CCN(CC(C)(C)O)c1ncnc2c1CCC2. The highest BCUT2D eigenvalue weighted by Crippen LogP contribution is 2.28. The van der Waals surface area contributed by atoms with Gasteiger partial charge in [-0.05, 0) is 40.0 Å². The summed E-state index contributed by atoms with van der Waals surface area (Å²) < 4.78 is 0. The third-order valence-electron chi connectivity index (χ3n) is 3.11. The van der Waals surface area contributed by atoms with Crippen molar-refractivity contribution in [3.8, 4) is 0 Å². The molecule has 94 valence electrons. The number of nitrogens with zero attached hydrogens (tertiary/aromatic N) is 3. The quantitative estimate of drug-likeness (QED) is 0.860. The van der Waals surface area contributed by atoms with Crippen molar-refractivity contribution >= 4 is 5.82 Å². The first kappa shape index (κ1) is 12.3. The van der Waals surface area contributed by atoms with E-state index in [1.807, 2.05) is 13.8 Å². The van der Waals surface area contributed by atoms with Gasteiger partial charge in [-0.15, -0.1) is 0 Å². The predicted molar refractivity (Wildman–Crippen MR) is 68.2 cm³/mol. The number of hydrogen-bond acceptors (Lipinski definition) is 4. The van der Waals surface area contributed by atoms with Crippen LogP contribution in [0.4, 0.5) is 5.82 Å². The zero-order valence-electron chi connectivity index (χ0n) is 10.9. The van der Waals surface area contributed by atoms with Crippen LogP contribution in [-0.4, -0.2) is 33.8 Å². The molecule has 0 radical (unpaired) electrons. The van der Waals surface area contributed by atoms with Gasteiger partial charge in [0.2, 0.25) is 0 Å². The second-order valence-electron chi connectivity index (χ2n) is 5.30. The molecule has 1 aliphatic rings. The molecule has 1 aliphatic carbocycles. The largest absolute Gasteiger partial charge is 0.389 e. The molecule has 0 atom stereocenters. The fraction of sp³-hybridized carbons (Fsp3) is 0.692. The number of anilines is 1. The summed E-state index contributed by atoms with van der Waals surface area (Å²) in [7, 11) is 0. The lowest BCUT2D eigenvalue weighted by molar-refractivity contribution is 0.0874. The van der Waals surface area contributed by atoms with Gasteiger partial charge < -0.3 is 10.0 Å². The maximum Gasteiger partial charge on any atom is 0.135 e. The fourth-order valence-corrected chi connectivity index (χ4v) is 2.42. The molecule has 1 N–H and O–H groups in total. The van der Waals surface area contributed by atoms with E-state index in [0.717, 1.165) is 25.2 Å². The van der Waals surface area contributed by atoms with Gasteiger partial charge >= 0.3 is 0 Å². The molecule has 0 fully saturated rings. The zero-order chi connectivity index (χ0) is 12.5. The molecule has 0 saturated carbocycles. The summed E-state index contributed by atoms with van der Waals surface area (Å²) in [5.41, 5.74) is 1.76. The minimum atomic E-state index is -0.702. The average Bonchev–Trinajstić information content (AvgIpc) is 2.72. The van der Waals surface area contributed by atoms with Gasteiger partial charge in [0.25, 0.3) is 0 Å². The molecule has 1 aromatic rings. The van der Waals surface area contributed by atoms with Crippen LogP contribution in [0.25, 0.3) is 0 Å². The second-order valence-corrected chi connectivity index (χ2v) is 5.30. The number of likely N-dealkylation sites (N-methyl/N-ethyl adjacent to an activating group) is 1. The molecule has 4 heteroatoms. The Hall–Kier alpha value is -1.16. The Morgan fingerprint density at radius 3 is 2.76 bits per heavy atom. The molecule has 2 rings (SSSR count). The molecule has 1 aromatic heterocycles. The third kappa shape index (κ3) is 2.75. The Morgan fingerprint density at radius 1 is 1.35 bits per heavy atom. The Morgan fingerprint density at radius 2 is 2.12 bits per heavy atom. The number of hydrogen-bond donors (Lipinski definition) is 1. The van der Waals surface area contributed by atoms with E-state index in [4.69, 9.17) is 0 Å². The lowest BCUT2D eigenvalue weighted by Gasteiger charge is -2.30. The highest BCUT2D eigenvalue weighted by Gasteiger charge is 2.24. The molecular weight excluding hydrogens is 214 g/mol. The van der Waals surface area contributed by atoms with Gasteiger partial charge in [0.05, 0.1) is 5.60 Å². The number of aliphatic hydroxyl groups is 1. The Bertz CT molecular complexity index is 398. The molecule has 0 saturated heterocycles. The fourth-order valence-electron chi connectivity index (χ4n) is 2.42. The van der Waals surface area contributed by atoms with Crippen molar-refractivity contribution in [2.24, 2.45) is 0 Å². The summed E-state index contributed by atoms with van der Waals surface area (Å²) in [5.74, 6) is 1.01. The topological polar surface area (TPSA) is 49.2 Å². The van der Waals surface area contributed by atoms with Crippen LogP contribution >= 0.6 is 0 Å². The maximum atomic E-state index is 9.94. The normalized spacial score (nSPS) is 14.8. The van der Waals surface area contributed by atoms with Crippen LogP contribution < -0.4 is 4.90 Å². The van der Waals surface area contributed by atoms with Gasteiger partial charge in [-0.25, -0.2) is 9.97 Å². The van der Waals surface area contributed by atoms with Crippen LogP contribution in [0.15, 0.2) is 6.33 Å². The van der Waals surface area contributed by atoms with Gasteiger partial charge in [0, 0.05) is 24.3 Å². The van der Waals surface area contributed by atoms with Crippen molar-refractivity contribution in [1.29, 1.82) is 0 Å². The Kier molecular flexibility index (Phi) is 3.33. The summed E-state index contributed by atoms with van der Waals surface area (Å²) in [6.07, 6.45) is 4.94. The molecule has 0 aliphatic heterocycles. The predicted octanol–water partition coefficient (Wildman–Crippen LogP) is 1.56. The molecule has 0 bridgehead atoms. The summed E-state index contributed by atoms with van der Waals surface area (Å²) in [6, 6.07) is 0. The highest BCUT2D eigenvalue weighted by atomic mass is 16.3. The van der Waals surface area contributed by atoms with Crippen molar-refractivity contribution in [3.63, 3.8) is 0 Å². The maximum absolute atomic E-state index is 9.94. The third-order valence-corrected chi connectivity index (χ3v) is 3.11. The van der Waals surface area contributed by atoms with E-state index in [-0.39, 0.29) is 0 Å². The average molecular weight is 235 g/mol. The van der Waals surface area contributed by atoms with E-state index < -0.39 is 5.60 Å². The summed E-state index contributed by atoms with van der Waals surface area (Å²) in [5, 5.41) is 9.94. The van der Waals surface area contributed by atoms with Crippen LogP contribution in [-0.2, 0) is 12.8 Å². The summed E-state index contributed by atoms with van der Waals surface area (Å²) >= 11 is 0. The van der Waals surface area contributed by atoms with Crippen molar-refractivity contribution in [2.75, 3.05) is 18.0 Å². The van der Waals surface area contributed by atoms with Crippen molar-refractivity contribution in [2.45, 2.75) is 45.6 Å². The first-order valence-corrected chi connectivity index (χ1v) is 6.31. The van der Waals surface area contributed by atoms with Crippen LogP contribution in [0, 0.1) is 0 Å². The summed E-state index contributed by atoms with van der Waals surface area (Å²) in [4.78, 5) is 10.9. The van der Waals surface area contributed by atoms with Crippen LogP contribution in [0.5, 0.6) is 0 Å².